The molecule has 2 aromatic carbocycles. The lowest BCUT2D eigenvalue weighted by Crippen LogP contribution is -2.34. The molecule has 6 heteroatoms. The Labute approximate surface area is 156 Å². The second-order valence-electron chi connectivity index (χ2n) is 6.29. The molecular formula is C21H20FN3O2. The summed E-state index contributed by atoms with van der Waals surface area (Å²) in [6, 6.07) is 15.5. The van der Waals surface area contributed by atoms with Gasteiger partial charge < -0.3 is 5.32 Å². The predicted molar refractivity (Wildman–Crippen MR) is 103 cm³/mol. The van der Waals surface area contributed by atoms with E-state index in [9.17, 15) is 14.0 Å². The zero-order chi connectivity index (χ0) is 19.4. The fourth-order valence-corrected chi connectivity index (χ4v) is 2.76. The summed E-state index contributed by atoms with van der Waals surface area (Å²) in [5.41, 5.74) is 2.71. The van der Waals surface area contributed by atoms with Gasteiger partial charge in [0.05, 0.1) is 5.69 Å². The van der Waals surface area contributed by atoms with Crippen molar-refractivity contribution in [3.63, 3.8) is 0 Å². The quantitative estimate of drug-likeness (QED) is 0.745. The Morgan fingerprint density at radius 2 is 1.74 bits per heavy atom. The first-order valence-corrected chi connectivity index (χ1v) is 8.71. The number of halogens is 1. The topological polar surface area (TPSA) is 64.0 Å². The van der Waals surface area contributed by atoms with Crippen molar-refractivity contribution >= 4 is 11.6 Å². The van der Waals surface area contributed by atoms with Crippen molar-refractivity contribution < 1.29 is 9.18 Å². The number of anilines is 1. The molecule has 0 aliphatic heterocycles. The zero-order valence-corrected chi connectivity index (χ0v) is 15.1. The van der Waals surface area contributed by atoms with Crippen molar-refractivity contribution in [2.45, 2.75) is 26.3 Å². The largest absolute Gasteiger partial charge is 0.324 e. The number of hydrogen-bond donors (Lipinski definition) is 1. The summed E-state index contributed by atoms with van der Waals surface area (Å²) < 4.78 is 14.2. The van der Waals surface area contributed by atoms with E-state index in [1.807, 2.05) is 38.1 Å². The standard InChI is InChI=1S/C21H20FN3O2/c1-3-19(21(27)23-17-10-8-16(22)9-11-17)25-20(26)13-12-18(24-25)15-6-4-14(2)5-7-15/h4-13,19H,3H2,1-2H3,(H,23,27). The van der Waals surface area contributed by atoms with Gasteiger partial charge in [-0.2, -0.15) is 5.10 Å². The SMILES string of the molecule is CCC(C(=O)Nc1ccc(F)cc1)n1nc(-c2ccc(C)cc2)ccc1=O. The van der Waals surface area contributed by atoms with Crippen LogP contribution in [0.5, 0.6) is 0 Å². The molecule has 3 aromatic rings. The summed E-state index contributed by atoms with van der Waals surface area (Å²) in [6.45, 7) is 3.80. The Kier molecular flexibility index (Phi) is 5.45. The molecule has 0 aliphatic carbocycles. The average Bonchev–Trinajstić information content (AvgIpc) is 2.66. The number of benzene rings is 2. The Balaban J connectivity index is 1.90. The van der Waals surface area contributed by atoms with Gasteiger partial charge in [0, 0.05) is 17.3 Å². The molecule has 1 aromatic heterocycles. The first-order valence-electron chi connectivity index (χ1n) is 8.71. The summed E-state index contributed by atoms with van der Waals surface area (Å²) in [7, 11) is 0. The maximum atomic E-state index is 13.0. The highest BCUT2D eigenvalue weighted by Crippen LogP contribution is 2.18. The molecule has 1 heterocycles. The number of nitrogens with one attached hydrogen (secondary N) is 1. The third kappa shape index (κ3) is 4.28. The normalized spacial score (nSPS) is 11.8. The van der Waals surface area contributed by atoms with E-state index in [4.69, 9.17) is 0 Å². The number of nitrogens with zero attached hydrogens (tertiary/aromatic N) is 2. The molecule has 0 fully saturated rings. The number of carbonyl (C=O) groups excluding carboxylic acids is 1. The van der Waals surface area contributed by atoms with Crippen molar-refractivity contribution in [3.05, 3.63) is 82.4 Å². The molecule has 0 radical (unpaired) electrons. The Bertz CT molecular complexity index is 995. The second kappa shape index (κ2) is 7.95. The minimum absolute atomic E-state index is 0.355. The van der Waals surface area contributed by atoms with E-state index in [1.54, 1.807) is 6.07 Å². The van der Waals surface area contributed by atoms with Crippen LogP contribution in [0.15, 0.2) is 65.5 Å². The molecule has 0 bridgehead atoms. The molecule has 1 unspecified atom stereocenters. The lowest BCUT2D eigenvalue weighted by Gasteiger charge is -2.17. The number of aromatic nitrogens is 2. The third-order valence-electron chi connectivity index (χ3n) is 4.27. The maximum Gasteiger partial charge on any atom is 0.267 e. The molecular weight excluding hydrogens is 345 g/mol. The molecule has 0 saturated carbocycles. The monoisotopic (exact) mass is 365 g/mol. The summed E-state index contributed by atoms with van der Waals surface area (Å²) in [5, 5.41) is 7.11. The van der Waals surface area contributed by atoms with E-state index in [0.717, 1.165) is 11.1 Å². The zero-order valence-electron chi connectivity index (χ0n) is 15.1. The Hall–Kier alpha value is -3.28. The molecule has 1 N–H and O–H groups in total. The van der Waals surface area contributed by atoms with Crippen LogP contribution in [-0.2, 0) is 4.79 Å². The van der Waals surface area contributed by atoms with Crippen LogP contribution in [0.2, 0.25) is 0 Å². The first-order chi connectivity index (χ1) is 13.0. The van der Waals surface area contributed by atoms with Crippen LogP contribution >= 0.6 is 0 Å². The molecule has 1 amide bonds. The highest BCUT2D eigenvalue weighted by atomic mass is 19.1. The average molecular weight is 365 g/mol. The first kappa shape index (κ1) is 18.5. The van der Waals surface area contributed by atoms with Crippen molar-refractivity contribution in [2.24, 2.45) is 0 Å². The summed E-state index contributed by atoms with van der Waals surface area (Å²) >= 11 is 0. The third-order valence-corrected chi connectivity index (χ3v) is 4.27. The van der Waals surface area contributed by atoms with Crippen LogP contribution in [0.3, 0.4) is 0 Å². The van der Waals surface area contributed by atoms with Gasteiger partial charge in [0.1, 0.15) is 11.9 Å². The van der Waals surface area contributed by atoms with Gasteiger partial charge in [-0.3, -0.25) is 9.59 Å². The van der Waals surface area contributed by atoms with Crippen molar-refractivity contribution in [2.75, 3.05) is 5.32 Å². The van der Waals surface area contributed by atoms with Crippen LogP contribution in [0.25, 0.3) is 11.3 Å². The Morgan fingerprint density at radius 3 is 2.37 bits per heavy atom. The van der Waals surface area contributed by atoms with Gasteiger partial charge in [-0.1, -0.05) is 36.8 Å². The van der Waals surface area contributed by atoms with Crippen LogP contribution in [0, 0.1) is 12.7 Å². The van der Waals surface area contributed by atoms with Gasteiger partial charge in [0.15, 0.2) is 0 Å². The number of amides is 1. The van der Waals surface area contributed by atoms with E-state index in [-0.39, 0.29) is 17.3 Å². The smallest absolute Gasteiger partial charge is 0.267 e. The second-order valence-corrected chi connectivity index (χ2v) is 6.29. The fraction of sp³-hybridized carbons (Fsp3) is 0.190. The highest BCUT2D eigenvalue weighted by Gasteiger charge is 2.21. The van der Waals surface area contributed by atoms with Gasteiger partial charge in [-0.05, 0) is 43.7 Å². The van der Waals surface area contributed by atoms with Crippen LogP contribution in [-0.4, -0.2) is 15.7 Å². The van der Waals surface area contributed by atoms with Gasteiger partial charge in [-0.15, -0.1) is 0 Å². The van der Waals surface area contributed by atoms with E-state index < -0.39 is 6.04 Å². The molecule has 3 rings (SSSR count). The van der Waals surface area contributed by atoms with Crippen LogP contribution in [0.4, 0.5) is 10.1 Å². The fourth-order valence-electron chi connectivity index (χ4n) is 2.76. The van der Waals surface area contributed by atoms with E-state index >= 15 is 0 Å². The van der Waals surface area contributed by atoms with Gasteiger partial charge in [0.25, 0.3) is 5.56 Å². The van der Waals surface area contributed by atoms with Crippen LogP contribution in [0.1, 0.15) is 24.9 Å². The minimum atomic E-state index is -0.770. The summed E-state index contributed by atoms with van der Waals surface area (Å²) in [4.78, 5) is 25.0. The number of rotatable bonds is 5. The Morgan fingerprint density at radius 1 is 1.07 bits per heavy atom. The van der Waals surface area contributed by atoms with Gasteiger partial charge in [0.2, 0.25) is 5.91 Å². The van der Waals surface area contributed by atoms with Crippen molar-refractivity contribution in [1.82, 2.24) is 9.78 Å². The van der Waals surface area contributed by atoms with Crippen molar-refractivity contribution in [3.8, 4) is 11.3 Å². The van der Waals surface area contributed by atoms with Crippen molar-refractivity contribution in [1.29, 1.82) is 0 Å². The molecule has 138 valence electrons. The lowest BCUT2D eigenvalue weighted by molar-refractivity contribution is -0.119. The summed E-state index contributed by atoms with van der Waals surface area (Å²) in [5.74, 6) is -0.761. The lowest BCUT2D eigenvalue weighted by atomic mass is 10.1. The van der Waals surface area contributed by atoms with E-state index in [1.165, 1.54) is 35.0 Å². The number of hydrogen-bond acceptors (Lipinski definition) is 3. The molecule has 1 atom stereocenters. The number of aryl methyl sites for hydroxylation is 1. The minimum Gasteiger partial charge on any atom is -0.324 e. The molecule has 5 nitrogen and oxygen atoms in total. The van der Waals surface area contributed by atoms with E-state index in [0.29, 0.717) is 17.8 Å². The summed E-state index contributed by atoms with van der Waals surface area (Å²) in [6.07, 6.45) is 0.386. The predicted octanol–water partition coefficient (Wildman–Crippen LogP) is 3.95. The van der Waals surface area contributed by atoms with Gasteiger partial charge >= 0.3 is 0 Å². The molecule has 27 heavy (non-hydrogen) atoms. The van der Waals surface area contributed by atoms with Crippen LogP contribution < -0.4 is 10.9 Å². The molecule has 0 aliphatic rings. The molecule has 0 saturated heterocycles. The highest BCUT2D eigenvalue weighted by molar-refractivity contribution is 5.93. The van der Waals surface area contributed by atoms with E-state index in [2.05, 4.69) is 10.4 Å². The maximum absolute atomic E-state index is 13.0. The van der Waals surface area contributed by atoms with Gasteiger partial charge in [-0.25, -0.2) is 9.07 Å². The number of carbonyl (C=O) groups is 1. The molecule has 0 spiro atoms.